The van der Waals surface area contributed by atoms with Gasteiger partial charge >= 0.3 is 0 Å². The summed E-state index contributed by atoms with van der Waals surface area (Å²) in [4.78, 5) is 0. The number of nitrogens with two attached hydrogens (primary N) is 1. The van der Waals surface area contributed by atoms with Crippen LogP contribution in [-0.2, 0) is 16.8 Å². The third-order valence-corrected chi connectivity index (χ3v) is 5.19. The molecule has 0 aliphatic carbocycles. The highest BCUT2D eigenvalue weighted by Crippen LogP contribution is 2.41. The number of nitrogens with one attached hydrogen (secondary N) is 1. The van der Waals surface area contributed by atoms with Gasteiger partial charge in [-0.05, 0) is 30.7 Å². The van der Waals surface area contributed by atoms with Gasteiger partial charge < -0.3 is 25.3 Å². The largest absolute Gasteiger partial charge is 0.496 e. The molecule has 1 fully saturated rings. The van der Waals surface area contributed by atoms with E-state index in [0.29, 0.717) is 19.7 Å². The normalized spacial score (nSPS) is 19.7. The lowest BCUT2D eigenvalue weighted by Crippen LogP contribution is -2.54. The number of hydrogen-bond donors (Lipinski definition) is 2. The number of morpholine rings is 1. The van der Waals surface area contributed by atoms with Gasteiger partial charge in [-0.15, -0.1) is 24.8 Å². The number of rotatable bonds is 7. The fraction of sp³-hybridized carbons (Fsp3) is 0.429. The summed E-state index contributed by atoms with van der Waals surface area (Å²) >= 11 is 0. The predicted octanol–water partition coefficient (Wildman–Crippen LogP) is 3.18. The molecule has 28 heavy (non-hydrogen) atoms. The number of benzene rings is 2. The average Bonchev–Trinajstić information content (AvgIpc) is 2.72. The molecule has 2 aromatic rings. The lowest BCUT2D eigenvalue weighted by Gasteiger charge is -2.44. The SMILES string of the molecule is COc1ccccc1CC(CN)C1(c2ccccc2OC)CNCCO1.Cl.Cl. The summed E-state index contributed by atoms with van der Waals surface area (Å²) < 4.78 is 17.6. The first-order valence-corrected chi connectivity index (χ1v) is 9.05. The third-order valence-electron chi connectivity index (χ3n) is 5.19. The van der Waals surface area contributed by atoms with Gasteiger partial charge in [-0.3, -0.25) is 0 Å². The van der Waals surface area contributed by atoms with Crippen LogP contribution in [0.25, 0.3) is 0 Å². The average molecular weight is 429 g/mol. The number of halogens is 2. The van der Waals surface area contributed by atoms with Crippen LogP contribution in [0.3, 0.4) is 0 Å². The van der Waals surface area contributed by atoms with Crippen molar-refractivity contribution in [1.82, 2.24) is 5.32 Å². The summed E-state index contributed by atoms with van der Waals surface area (Å²) in [7, 11) is 3.39. The molecule has 1 heterocycles. The van der Waals surface area contributed by atoms with Gasteiger partial charge in [-0.2, -0.15) is 0 Å². The minimum Gasteiger partial charge on any atom is -0.496 e. The van der Waals surface area contributed by atoms with Gasteiger partial charge in [0.2, 0.25) is 0 Å². The Kier molecular flexibility index (Phi) is 10.1. The number of para-hydroxylation sites is 2. The monoisotopic (exact) mass is 428 g/mol. The second-order valence-electron chi connectivity index (χ2n) is 6.56. The van der Waals surface area contributed by atoms with Gasteiger partial charge in [0, 0.05) is 24.6 Å². The zero-order valence-electron chi connectivity index (χ0n) is 16.4. The topological polar surface area (TPSA) is 65.7 Å². The third kappa shape index (κ3) is 4.91. The molecular weight excluding hydrogens is 399 g/mol. The fourth-order valence-electron chi connectivity index (χ4n) is 3.86. The Morgan fingerprint density at radius 2 is 1.68 bits per heavy atom. The van der Waals surface area contributed by atoms with E-state index in [0.717, 1.165) is 35.6 Å². The van der Waals surface area contributed by atoms with Crippen LogP contribution in [0.5, 0.6) is 11.5 Å². The zero-order valence-corrected chi connectivity index (χ0v) is 18.0. The molecule has 156 valence electrons. The Morgan fingerprint density at radius 3 is 2.29 bits per heavy atom. The van der Waals surface area contributed by atoms with Crippen LogP contribution in [0.15, 0.2) is 48.5 Å². The maximum absolute atomic E-state index is 6.43. The molecule has 5 nitrogen and oxygen atoms in total. The van der Waals surface area contributed by atoms with Gasteiger partial charge in [0.1, 0.15) is 17.1 Å². The van der Waals surface area contributed by atoms with E-state index in [1.165, 1.54) is 0 Å². The Balaban J connectivity index is 0.00000196. The van der Waals surface area contributed by atoms with Gasteiger partial charge in [-0.25, -0.2) is 0 Å². The molecule has 0 aromatic heterocycles. The first kappa shape index (κ1) is 24.5. The fourth-order valence-corrected chi connectivity index (χ4v) is 3.86. The quantitative estimate of drug-likeness (QED) is 0.708. The first-order chi connectivity index (χ1) is 12.7. The van der Waals surface area contributed by atoms with E-state index in [1.807, 2.05) is 36.4 Å². The van der Waals surface area contributed by atoms with E-state index in [1.54, 1.807) is 14.2 Å². The molecular formula is C21H30Cl2N2O3. The molecule has 1 aliphatic heterocycles. The Hall–Kier alpha value is -1.50. The maximum Gasteiger partial charge on any atom is 0.125 e. The van der Waals surface area contributed by atoms with E-state index < -0.39 is 5.60 Å². The maximum atomic E-state index is 6.43. The molecule has 0 saturated carbocycles. The summed E-state index contributed by atoms with van der Waals surface area (Å²) in [5.41, 5.74) is 7.90. The Morgan fingerprint density at radius 1 is 1.04 bits per heavy atom. The van der Waals surface area contributed by atoms with E-state index in [2.05, 4.69) is 17.4 Å². The van der Waals surface area contributed by atoms with E-state index >= 15 is 0 Å². The smallest absolute Gasteiger partial charge is 0.125 e. The standard InChI is InChI=1S/C21H28N2O3.2ClH/c1-24-19-9-5-3-7-16(19)13-17(14-22)21(15-23-11-12-26-21)18-8-4-6-10-20(18)25-2;;/h3-10,17,23H,11-15,22H2,1-2H3;2*1H. The molecule has 0 bridgehead atoms. The van der Waals surface area contributed by atoms with Crippen molar-refractivity contribution in [2.24, 2.45) is 11.7 Å². The highest BCUT2D eigenvalue weighted by atomic mass is 35.5. The summed E-state index contributed by atoms with van der Waals surface area (Å²) in [6, 6.07) is 16.1. The van der Waals surface area contributed by atoms with Crippen LogP contribution in [0, 0.1) is 5.92 Å². The molecule has 1 saturated heterocycles. The highest BCUT2D eigenvalue weighted by molar-refractivity contribution is 5.85. The van der Waals surface area contributed by atoms with Gasteiger partial charge in [0.15, 0.2) is 0 Å². The summed E-state index contributed by atoms with van der Waals surface area (Å²) in [5.74, 6) is 1.78. The van der Waals surface area contributed by atoms with Crippen molar-refractivity contribution in [3.05, 3.63) is 59.7 Å². The van der Waals surface area contributed by atoms with Crippen molar-refractivity contribution in [3.8, 4) is 11.5 Å². The van der Waals surface area contributed by atoms with Crippen molar-refractivity contribution < 1.29 is 14.2 Å². The van der Waals surface area contributed by atoms with Gasteiger partial charge in [-0.1, -0.05) is 36.4 Å². The van der Waals surface area contributed by atoms with Crippen LogP contribution >= 0.6 is 24.8 Å². The van der Waals surface area contributed by atoms with Crippen LogP contribution in [-0.4, -0.2) is 40.5 Å². The van der Waals surface area contributed by atoms with Crippen LogP contribution in [0.2, 0.25) is 0 Å². The molecule has 0 amide bonds. The van der Waals surface area contributed by atoms with Gasteiger partial charge in [0.25, 0.3) is 0 Å². The lowest BCUT2D eigenvalue weighted by atomic mass is 9.76. The number of hydrogen-bond acceptors (Lipinski definition) is 5. The van der Waals surface area contributed by atoms with E-state index in [-0.39, 0.29) is 30.7 Å². The second kappa shape index (κ2) is 11.5. The molecule has 7 heteroatoms. The molecule has 3 N–H and O–H groups in total. The summed E-state index contributed by atoms with van der Waals surface area (Å²) in [6.07, 6.45) is 0.764. The summed E-state index contributed by atoms with van der Waals surface area (Å²) in [6.45, 7) is 2.67. The van der Waals surface area contributed by atoms with E-state index in [9.17, 15) is 0 Å². The van der Waals surface area contributed by atoms with Crippen molar-refractivity contribution in [2.75, 3.05) is 40.5 Å². The van der Waals surface area contributed by atoms with Crippen LogP contribution < -0.4 is 20.5 Å². The Bertz CT molecular complexity index is 724. The molecule has 3 rings (SSSR count). The summed E-state index contributed by atoms with van der Waals surface area (Å²) in [5, 5.41) is 3.49. The molecule has 2 atom stereocenters. The van der Waals surface area contributed by atoms with Crippen molar-refractivity contribution in [2.45, 2.75) is 12.0 Å². The highest BCUT2D eigenvalue weighted by Gasteiger charge is 2.44. The van der Waals surface area contributed by atoms with E-state index in [4.69, 9.17) is 19.9 Å². The first-order valence-electron chi connectivity index (χ1n) is 9.05. The van der Waals surface area contributed by atoms with Crippen LogP contribution in [0.1, 0.15) is 11.1 Å². The number of methoxy groups -OCH3 is 2. The second-order valence-corrected chi connectivity index (χ2v) is 6.56. The minimum absolute atomic E-state index is 0. The lowest BCUT2D eigenvalue weighted by molar-refractivity contribution is -0.110. The molecule has 2 aromatic carbocycles. The minimum atomic E-state index is -0.541. The molecule has 0 spiro atoms. The Labute approximate surface area is 179 Å². The molecule has 1 aliphatic rings. The number of ether oxygens (including phenoxy) is 3. The zero-order chi connectivity index (χ0) is 18.4. The van der Waals surface area contributed by atoms with Crippen LogP contribution in [0.4, 0.5) is 0 Å². The van der Waals surface area contributed by atoms with Crippen molar-refractivity contribution >= 4 is 24.8 Å². The van der Waals surface area contributed by atoms with Gasteiger partial charge in [0.05, 0.1) is 20.8 Å². The predicted molar refractivity (Wildman–Crippen MR) is 117 cm³/mol. The molecule has 2 unspecified atom stereocenters. The van der Waals surface area contributed by atoms with Crippen molar-refractivity contribution in [1.29, 1.82) is 0 Å². The van der Waals surface area contributed by atoms with Crippen molar-refractivity contribution in [3.63, 3.8) is 0 Å². The molecule has 0 radical (unpaired) electrons.